The van der Waals surface area contributed by atoms with E-state index < -0.39 is 0 Å². The summed E-state index contributed by atoms with van der Waals surface area (Å²) in [7, 11) is 0. The van der Waals surface area contributed by atoms with Gasteiger partial charge in [-0.15, -0.1) is 0 Å². The van der Waals surface area contributed by atoms with Crippen LogP contribution in [0, 0.1) is 0 Å². The van der Waals surface area contributed by atoms with E-state index in [0.717, 1.165) is 39.0 Å². The third-order valence-corrected chi connectivity index (χ3v) is 3.77. The van der Waals surface area contributed by atoms with Crippen molar-refractivity contribution >= 4 is 0 Å². The molecule has 3 heteroatoms. The molecule has 0 amide bonds. The van der Waals surface area contributed by atoms with E-state index in [-0.39, 0.29) is 6.10 Å². The van der Waals surface area contributed by atoms with Gasteiger partial charge in [-0.25, -0.2) is 0 Å². The van der Waals surface area contributed by atoms with Crippen LogP contribution in [0.4, 0.5) is 0 Å². The van der Waals surface area contributed by atoms with Crippen molar-refractivity contribution in [1.82, 2.24) is 4.90 Å². The van der Waals surface area contributed by atoms with Gasteiger partial charge in [-0.3, -0.25) is 4.90 Å². The van der Waals surface area contributed by atoms with Crippen molar-refractivity contribution in [2.75, 3.05) is 19.8 Å². The van der Waals surface area contributed by atoms with Crippen molar-refractivity contribution in [2.24, 2.45) is 0 Å². The van der Waals surface area contributed by atoms with Gasteiger partial charge < -0.3 is 9.84 Å². The van der Waals surface area contributed by atoms with Crippen molar-refractivity contribution in [3.05, 3.63) is 0 Å². The molecule has 1 N–H and O–H groups in total. The van der Waals surface area contributed by atoms with Crippen molar-refractivity contribution in [1.29, 1.82) is 0 Å². The zero-order valence-electron chi connectivity index (χ0n) is 9.69. The minimum atomic E-state index is -0.0364. The number of fused-ring (bicyclic) bond motifs is 2. The number of aliphatic hydroxyl groups is 1. The Kier molecular flexibility index (Phi) is 4.00. The first-order valence-electron chi connectivity index (χ1n) is 6.32. The number of nitrogens with zero attached hydrogens (tertiary/aromatic N) is 1. The fourth-order valence-corrected chi connectivity index (χ4v) is 3.10. The Morgan fingerprint density at radius 2 is 1.93 bits per heavy atom. The highest BCUT2D eigenvalue weighted by Crippen LogP contribution is 2.35. The highest BCUT2D eigenvalue weighted by atomic mass is 16.5. The normalized spacial score (nSPS) is 36.0. The van der Waals surface area contributed by atoms with Crippen LogP contribution in [0.5, 0.6) is 0 Å². The molecule has 2 fully saturated rings. The Morgan fingerprint density at radius 1 is 1.27 bits per heavy atom. The first kappa shape index (κ1) is 11.4. The summed E-state index contributed by atoms with van der Waals surface area (Å²) in [6.45, 7) is 4.91. The molecular formula is C12H23NO2. The third kappa shape index (κ3) is 2.71. The summed E-state index contributed by atoms with van der Waals surface area (Å²) in [5.74, 6) is 0. The van der Waals surface area contributed by atoms with E-state index in [2.05, 4.69) is 4.90 Å². The van der Waals surface area contributed by atoms with Crippen LogP contribution in [0.25, 0.3) is 0 Å². The predicted molar refractivity (Wildman–Crippen MR) is 59.9 cm³/mol. The lowest BCUT2D eigenvalue weighted by Crippen LogP contribution is -2.45. The SMILES string of the molecule is CCOCCCN1C2CCC1CC(O)C2. The summed E-state index contributed by atoms with van der Waals surface area (Å²) in [6, 6.07) is 1.31. The van der Waals surface area contributed by atoms with Crippen molar-refractivity contribution in [2.45, 2.75) is 57.2 Å². The molecule has 0 saturated carbocycles. The van der Waals surface area contributed by atoms with E-state index in [4.69, 9.17) is 4.74 Å². The second kappa shape index (κ2) is 5.28. The van der Waals surface area contributed by atoms with Crippen LogP contribution in [0.2, 0.25) is 0 Å². The average molecular weight is 213 g/mol. The molecule has 0 aliphatic carbocycles. The van der Waals surface area contributed by atoms with E-state index >= 15 is 0 Å². The van der Waals surface area contributed by atoms with E-state index in [0.29, 0.717) is 12.1 Å². The molecule has 0 aromatic carbocycles. The zero-order chi connectivity index (χ0) is 10.7. The Bertz CT molecular complexity index is 184. The molecule has 2 bridgehead atoms. The molecule has 2 heterocycles. The molecule has 2 aliphatic rings. The molecule has 2 aliphatic heterocycles. The molecule has 2 rings (SSSR count). The van der Waals surface area contributed by atoms with Gasteiger partial charge in [0.25, 0.3) is 0 Å². The second-order valence-corrected chi connectivity index (χ2v) is 4.80. The van der Waals surface area contributed by atoms with Gasteiger partial charge in [0.2, 0.25) is 0 Å². The first-order valence-corrected chi connectivity index (χ1v) is 6.32. The third-order valence-electron chi connectivity index (χ3n) is 3.77. The van der Waals surface area contributed by atoms with Crippen LogP contribution in [-0.4, -0.2) is 48.0 Å². The van der Waals surface area contributed by atoms with Crippen LogP contribution < -0.4 is 0 Å². The van der Waals surface area contributed by atoms with Gasteiger partial charge in [0.15, 0.2) is 0 Å². The molecule has 88 valence electrons. The lowest BCUT2D eigenvalue weighted by molar-refractivity contribution is 0.0294. The monoisotopic (exact) mass is 213 g/mol. The summed E-state index contributed by atoms with van der Waals surface area (Å²) in [5.41, 5.74) is 0. The molecule has 2 unspecified atom stereocenters. The van der Waals surface area contributed by atoms with Gasteiger partial charge in [0.1, 0.15) is 0 Å². The molecule has 0 spiro atoms. The standard InChI is InChI=1S/C12H23NO2/c1-2-15-7-3-6-13-10-4-5-11(13)9-12(14)8-10/h10-12,14H,2-9H2,1H3. The van der Waals surface area contributed by atoms with Crippen LogP contribution in [0.1, 0.15) is 39.0 Å². The number of ether oxygens (including phenoxy) is 1. The summed E-state index contributed by atoms with van der Waals surface area (Å²) in [5, 5.41) is 9.67. The van der Waals surface area contributed by atoms with E-state index in [1.54, 1.807) is 0 Å². The van der Waals surface area contributed by atoms with Gasteiger partial charge in [-0.1, -0.05) is 0 Å². The van der Waals surface area contributed by atoms with Gasteiger partial charge in [0, 0.05) is 31.8 Å². The maximum Gasteiger partial charge on any atom is 0.0570 e. The number of aliphatic hydroxyl groups excluding tert-OH is 1. The fraction of sp³-hybridized carbons (Fsp3) is 1.00. The van der Waals surface area contributed by atoms with E-state index in [1.807, 2.05) is 6.92 Å². The molecule has 0 radical (unpaired) electrons. The smallest absolute Gasteiger partial charge is 0.0570 e. The van der Waals surface area contributed by atoms with Crippen LogP contribution in [-0.2, 0) is 4.74 Å². The molecule has 0 aromatic rings. The van der Waals surface area contributed by atoms with Crippen molar-refractivity contribution in [3.8, 4) is 0 Å². The van der Waals surface area contributed by atoms with Crippen LogP contribution in [0.15, 0.2) is 0 Å². The maximum absolute atomic E-state index is 9.67. The summed E-state index contributed by atoms with van der Waals surface area (Å²) >= 11 is 0. The Labute approximate surface area is 92.4 Å². The lowest BCUT2D eigenvalue weighted by Gasteiger charge is -2.37. The number of rotatable bonds is 5. The molecular weight excluding hydrogens is 190 g/mol. The first-order chi connectivity index (χ1) is 7.31. The molecule has 15 heavy (non-hydrogen) atoms. The zero-order valence-corrected chi connectivity index (χ0v) is 9.69. The fourth-order valence-electron chi connectivity index (χ4n) is 3.10. The van der Waals surface area contributed by atoms with Crippen molar-refractivity contribution in [3.63, 3.8) is 0 Å². The van der Waals surface area contributed by atoms with Crippen molar-refractivity contribution < 1.29 is 9.84 Å². The number of hydrogen-bond donors (Lipinski definition) is 1. The molecule has 3 nitrogen and oxygen atoms in total. The lowest BCUT2D eigenvalue weighted by atomic mass is 10.00. The number of hydrogen-bond acceptors (Lipinski definition) is 3. The summed E-state index contributed by atoms with van der Waals surface area (Å²) in [6.07, 6.45) is 5.66. The largest absolute Gasteiger partial charge is 0.393 e. The summed E-state index contributed by atoms with van der Waals surface area (Å²) in [4.78, 5) is 2.60. The average Bonchev–Trinajstić information content (AvgIpc) is 2.46. The Morgan fingerprint density at radius 3 is 2.53 bits per heavy atom. The predicted octanol–water partition coefficient (Wildman–Crippen LogP) is 1.40. The maximum atomic E-state index is 9.67. The van der Waals surface area contributed by atoms with Crippen LogP contribution >= 0.6 is 0 Å². The van der Waals surface area contributed by atoms with E-state index in [9.17, 15) is 5.11 Å². The second-order valence-electron chi connectivity index (χ2n) is 4.80. The van der Waals surface area contributed by atoms with Gasteiger partial charge in [-0.05, 0) is 39.0 Å². The molecule has 0 aromatic heterocycles. The molecule has 2 atom stereocenters. The topological polar surface area (TPSA) is 32.7 Å². The molecule has 2 saturated heterocycles. The minimum Gasteiger partial charge on any atom is -0.393 e. The quantitative estimate of drug-likeness (QED) is 0.701. The van der Waals surface area contributed by atoms with Gasteiger partial charge in [-0.2, -0.15) is 0 Å². The highest BCUT2D eigenvalue weighted by Gasteiger charge is 2.39. The van der Waals surface area contributed by atoms with E-state index in [1.165, 1.54) is 12.8 Å². The van der Waals surface area contributed by atoms with Gasteiger partial charge in [0.05, 0.1) is 6.10 Å². The Hall–Kier alpha value is -0.120. The van der Waals surface area contributed by atoms with Gasteiger partial charge >= 0.3 is 0 Å². The highest BCUT2D eigenvalue weighted by molar-refractivity contribution is 4.94. The number of piperidine rings is 1. The Balaban J connectivity index is 1.74. The summed E-state index contributed by atoms with van der Waals surface area (Å²) < 4.78 is 5.36. The van der Waals surface area contributed by atoms with Crippen LogP contribution in [0.3, 0.4) is 0 Å². The minimum absolute atomic E-state index is 0.0364.